The molecule has 3 aromatic heterocycles. The minimum Gasteiger partial charge on any atom is -0.317 e. The largest absolute Gasteiger partial charge is 0.317 e. The van der Waals surface area contributed by atoms with Crippen LogP contribution < -0.4 is 5.32 Å². The van der Waals surface area contributed by atoms with Crippen LogP contribution in [0.1, 0.15) is 10.5 Å². The first-order valence-electron chi connectivity index (χ1n) is 7.30. The Bertz CT molecular complexity index is 1020. The maximum Gasteiger partial charge on any atom is 0.275 e. The first kappa shape index (κ1) is 15.7. The summed E-state index contributed by atoms with van der Waals surface area (Å²) < 4.78 is 14.0. The van der Waals surface area contributed by atoms with Crippen molar-refractivity contribution >= 4 is 34.3 Å². The van der Waals surface area contributed by atoms with Gasteiger partial charge in [-0.15, -0.1) is 11.3 Å². The summed E-state index contributed by atoms with van der Waals surface area (Å²) in [7, 11) is 0. The van der Waals surface area contributed by atoms with E-state index in [4.69, 9.17) is 0 Å². The predicted octanol–water partition coefficient (Wildman–Crippen LogP) is 4.65. The van der Waals surface area contributed by atoms with Crippen molar-refractivity contribution in [2.45, 2.75) is 0 Å². The fourth-order valence-corrected chi connectivity index (χ4v) is 3.85. The van der Waals surface area contributed by atoms with Crippen LogP contribution in [0.15, 0.2) is 52.7 Å². The van der Waals surface area contributed by atoms with Gasteiger partial charge in [-0.2, -0.15) is 16.4 Å². The maximum absolute atomic E-state index is 14.0. The van der Waals surface area contributed by atoms with Crippen LogP contribution in [0.25, 0.3) is 21.8 Å². The van der Waals surface area contributed by atoms with Gasteiger partial charge in [0.2, 0.25) is 0 Å². The summed E-state index contributed by atoms with van der Waals surface area (Å²) in [4.78, 5) is 16.8. The van der Waals surface area contributed by atoms with Crippen LogP contribution in [-0.2, 0) is 0 Å². The number of amides is 1. The molecule has 0 atom stereocenters. The molecule has 4 rings (SSSR count). The Morgan fingerprint density at radius 2 is 2.08 bits per heavy atom. The fraction of sp³-hybridized carbons (Fsp3) is 0. The van der Waals surface area contributed by atoms with Crippen LogP contribution in [0.2, 0.25) is 0 Å². The molecule has 8 heteroatoms. The van der Waals surface area contributed by atoms with E-state index in [0.717, 1.165) is 10.6 Å². The fourth-order valence-electron chi connectivity index (χ4n) is 2.33. The summed E-state index contributed by atoms with van der Waals surface area (Å²) in [5, 5.41) is 15.8. The molecule has 0 aliphatic rings. The normalized spacial score (nSPS) is 10.8. The topological polar surface area (TPSA) is 70.7 Å². The molecule has 0 unspecified atom stereocenters. The second-order valence-electron chi connectivity index (χ2n) is 5.14. The van der Waals surface area contributed by atoms with Crippen LogP contribution in [0, 0.1) is 5.82 Å². The smallest absolute Gasteiger partial charge is 0.275 e. The minimum atomic E-state index is -0.393. The first-order valence-corrected chi connectivity index (χ1v) is 9.12. The summed E-state index contributed by atoms with van der Waals surface area (Å²) in [5.41, 5.74) is 2.46. The predicted molar refractivity (Wildman–Crippen MR) is 97.4 cm³/mol. The Morgan fingerprint density at radius 1 is 1.20 bits per heavy atom. The molecule has 5 nitrogen and oxygen atoms in total. The summed E-state index contributed by atoms with van der Waals surface area (Å²) in [6, 6.07) is 8.26. The number of hydrogen-bond acceptors (Lipinski definition) is 5. The monoisotopic (exact) mass is 370 g/mol. The van der Waals surface area contributed by atoms with Crippen molar-refractivity contribution in [2.24, 2.45) is 0 Å². The number of carbonyl (C=O) groups excluding carboxylic acids is 1. The highest BCUT2D eigenvalue weighted by Crippen LogP contribution is 2.29. The van der Waals surface area contributed by atoms with Gasteiger partial charge in [0.1, 0.15) is 16.5 Å². The lowest BCUT2D eigenvalue weighted by molar-refractivity contribution is 0.102. The number of aromatic nitrogens is 3. The molecule has 0 spiro atoms. The Balaban J connectivity index is 1.59. The Hall–Kier alpha value is -2.84. The molecule has 0 fully saturated rings. The third-order valence-electron chi connectivity index (χ3n) is 3.54. The zero-order valence-electron chi connectivity index (χ0n) is 12.7. The van der Waals surface area contributed by atoms with E-state index < -0.39 is 5.82 Å². The van der Waals surface area contributed by atoms with Gasteiger partial charge in [0.25, 0.3) is 5.91 Å². The van der Waals surface area contributed by atoms with Gasteiger partial charge in [-0.05, 0) is 23.6 Å². The number of hydrogen-bond donors (Lipinski definition) is 2. The van der Waals surface area contributed by atoms with Gasteiger partial charge in [-0.3, -0.25) is 9.89 Å². The van der Waals surface area contributed by atoms with Crippen LogP contribution in [0.4, 0.5) is 10.1 Å². The van der Waals surface area contributed by atoms with Gasteiger partial charge in [-0.1, -0.05) is 12.1 Å². The summed E-state index contributed by atoms with van der Waals surface area (Å²) in [6.45, 7) is 0. The number of nitrogens with one attached hydrogen (secondary N) is 2. The number of carbonyl (C=O) groups is 1. The highest BCUT2D eigenvalue weighted by molar-refractivity contribution is 7.14. The van der Waals surface area contributed by atoms with E-state index in [9.17, 15) is 9.18 Å². The zero-order valence-corrected chi connectivity index (χ0v) is 14.3. The molecule has 0 saturated heterocycles. The third-order valence-corrected chi connectivity index (χ3v) is 5.11. The van der Waals surface area contributed by atoms with Crippen molar-refractivity contribution < 1.29 is 9.18 Å². The Kier molecular flexibility index (Phi) is 4.12. The van der Waals surface area contributed by atoms with Gasteiger partial charge in [0.05, 0.1) is 17.6 Å². The average Bonchev–Trinajstić information content (AvgIpc) is 3.36. The van der Waals surface area contributed by atoms with E-state index in [0.29, 0.717) is 22.6 Å². The van der Waals surface area contributed by atoms with Crippen LogP contribution in [0.5, 0.6) is 0 Å². The lowest BCUT2D eigenvalue weighted by Crippen LogP contribution is -2.12. The van der Waals surface area contributed by atoms with Gasteiger partial charge in [-0.25, -0.2) is 9.37 Å². The van der Waals surface area contributed by atoms with Crippen LogP contribution >= 0.6 is 22.7 Å². The number of thiophene rings is 1. The molecule has 3 heterocycles. The lowest BCUT2D eigenvalue weighted by atomic mass is 10.1. The van der Waals surface area contributed by atoms with Crippen molar-refractivity contribution in [3.8, 4) is 21.8 Å². The SMILES string of the molecule is O=C(Nc1cn[nH]c1-c1ccccc1F)c1csc(-c2ccsc2)n1. The van der Waals surface area contributed by atoms with Gasteiger partial charge < -0.3 is 5.32 Å². The number of aromatic amines is 1. The van der Waals surface area contributed by atoms with Gasteiger partial charge >= 0.3 is 0 Å². The Labute approximate surface area is 150 Å². The van der Waals surface area contributed by atoms with E-state index in [-0.39, 0.29) is 5.91 Å². The number of H-pyrrole nitrogens is 1. The maximum atomic E-state index is 14.0. The minimum absolute atomic E-state index is 0.312. The molecular formula is C17H11FN4OS2. The molecule has 0 radical (unpaired) electrons. The van der Waals surface area contributed by atoms with Crippen LogP contribution in [0.3, 0.4) is 0 Å². The summed E-state index contributed by atoms with van der Waals surface area (Å²) in [6.07, 6.45) is 1.45. The van der Waals surface area contributed by atoms with Crippen molar-refractivity contribution in [3.63, 3.8) is 0 Å². The molecule has 1 amide bonds. The average molecular weight is 370 g/mol. The number of anilines is 1. The molecule has 0 saturated carbocycles. The second kappa shape index (κ2) is 6.58. The zero-order chi connectivity index (χ0) is 17.2. The number of nitrogens with zero attached hydrogens (tertiary/aromatic N) is 2. The van der Waals surface area contributed by atoms with E-state index in [1.807, 2.05) is 16.8 Å². The van der Waals surface area contributed by atoms with Crippen molar-refractivity contribution in [1.29, 1.82) is 0 Å². The van der Waals surface area contributed by atoms with E-state index in [1.54, 1.807) is 34.9 Å². The quantitative estimate of drug-likeness (QED) is 0.549. The van der Waals surface area contributed by atoms with Gasteiger partial charge in [0.15, 0.2) is 0 Å². The highest BCUT2D eigenvalue weighted by atomic mass is 32.1. The molecule has 0 aliphatic carbocycles. The second-order valence-corrected chi connectivity index (χ2v) is 6.78. The molecule has 0 aliphatic heterocycles. The molecule has 0 bridgehead atoms. The van der Waals surface area contributed by atoms with Crippen molar-refractivity contribution in [2.75, 3.05) is 5.32 Å². The third kappa shape index (κ3) is 3.09. The number of thiazole rings is 1. The molecule has 2 N–H and O–H groups in total. The summed E-state index contributed by atoms with van der Waals surface area (Å²) in [5.74, 6) is -0.757. The molecule has 25 heavy (non-hydrogen) atoms. The molecular weight excluding hydrogens is 359 g/mol. The lowest BCUT2D eigenvalue weighted by Gasteiger charge is -2.05. The standard InChI is InChI=1S/C17H11FN4OS2/c18-12-4-2-1-3-11(12)15-13(7-19-22-15)20-16(23)14-9-25-17(21-14)10-5-6-24-8-10/h1-9H,(H,19,22)(H,20,23). The van der Waals surface area contributed by atoms with Gasteiger partial charge in [0, 0.05) is 21.9 Å². The molecule has 1 aromatic carbocycles. The molecule has 4 aromatic rings. The first-order chi connectivity index (χ1) is 12.2. The number of halogens is 1. The summed E-state index contributed by atoms with van der Waals surface area (Å²) >= 11 is 2.98. The van der Waals surface area contributed by atoms with E-state index >= 15 is 0 Å². The van der Waals surface area contributed by atoms with E-state index in [1.165, 1.54) is 23.6 Å². The number of rotatable bonds is 4. The van der Waals surface area contributed by atoms with E-state index in [2.05, 4.69) is 20.5 Å². The van der Waals surface area contributed by atoms with Crippen molar-refractivity contribution in [1.82, 2.24) is 15.2 Å². The van der Waals surface area contributed by atoms with Crippen molar-refractivity contribution in [3.05, 3.63) is 64.2 Å². The van der Waals surface area contributed by atoms with Crippen LogP contribution in [-0.4, -0.2) is 21.1 Å². The highest BCUT2D eigenvalue weighted by Gasteiger charge is 2.17. The molecule has 124 valence electrons. The number of benzene rings is 1. The Morgan fingerprint density at radius 3 is 2.88 bits per heavy atom.